The maximum atomic E-state index is 11.6. The Morgan fingerprint density at radius 3 is 2.57 bits per heavy atom. The number of hydrogen-bond donors (Lipinski definition) is 5. The molecule has 0 aliphatic heterocycles. The number of benzene rings is 1. The zero-order valence-corrected chi connectivity index (χ0v) is 18.8. The molecule has 0 spiro atoms. The van der Waals surface area contributed by atoms with E-state index in [1.807, 2.05) is 38.5 Å². The summed E-state index contributed by atoms with van der Waals surface area (Å²) in [5.74, 6) is -0.922. The van der Waals surface area contributed by atoms with E-state index >= 15 is 0 Å². The van der Waals surface area contributed by atoms with Crippen LogP contribution in [-0.4, -0.2) is 69.7 Å². The smallest absolute Gasteiger partial charge is 0.320 e. The molecule has 170 valence electrons. The molecule has 0 saturated carbocycles. The van der Waals surface area contributed by atoms with E-state index in [9.17, 15) is 13.2 Å². The van der Waals surface area contributed by atoms with Crippen LogP contribution in [0, 0.1) is 0 Å². The first-order chi connectivity index (χ1) is 14.1. The number of sulfonamides is 1. The standard InChI is InChI=1S/C14H21N3O2S.C6H14N2O2/c1-15-20(18,19)10-11-4-5-14-13(8-11)12(9-16-14)6-7-17(2)3;7-4-2-1-3-5(8)6(9)10/h4-5,8-9,15-16H,6-7,10H2,1-3H3;5H,1-4,7-8H2,(H,9,10). The number of carboxylic acids is 1. The summed E-state index contributed by atoms with van der Waals surface area (Å²) in [6, 6.07) is 5.04. The Bertz CT molecular complexity index is 896. The molecule has 1 heterocycles. The second-order valence-corrected chi connectivity index (χ2v) is 9.37. The quantitative estimate of drug-likeness (QED) is 0.324. The molecule has 7 N–H and O–H groups in total. The van der Waals surface area contributed by atoms with Gasteiger partial charge in [0.2, 0.25) is 10.0 Å². The minimum absolute atomic E-state index is 0.0116. The van der Waals surface area contributed by atoms with Crippen molar-refractivity contribution in [2.45, 2.75) is 37.5 Å². The Kier molecular flexibility index (Phi) is 11.0. The fourth-order valence-corrected chi connectivity index (χ4v) is 3.55. The monoisotopic (exact) mass is 441 g/mol. The van der Waals surface area contributed by atoms with Crippen molar-refractivity contribution in [3.05, 3.63) is 35.5 Å². The Morgan fingerprint density at radius 2 is 2.00 bits per heavy atom. The van der Waals surface area contributed by atoms with Gasteiger partial charge in [-0.15, -0.1) is 0 Å². The van der Waals surface area contributed by atoms with Crippen LogP contribution in [-0.2, 0) is 27.0 Å². The number of aromatic nitrogens is 1. The molecule has 0 radical (unpaired) electrons. The van der Waals surface area contributed by atoms with Crippen molar-refractivity contribution in [2.75, 3.05) is 34.2 Å². The van der Waals surface area contributed by atoms with E-state index in [1.165, 1.54) is 12.6 Å². The van der Waals surface area contributed by atoms with E-state index in [-0.39, 0.29) is 5.75 Å². The number of hydrogen-bond acceptors (Lipinski definition) is 6. The Balaban J connectivity index is 0.000000382. The first-order valence-electron chi connectivity index (χ1n) is 9.93. The van der Waals surface area contributed by atoms with E-state index in [1.54, 1.807) is 0 Å². The normalized spacial score (nSPS) is 12.6. The maximum absolute atomic E-state index is 11.6. The number of rotatable bonds is 11. The SMILES string of the molecule is CNS(=O)(=O)Cc1ccc2[nH]cc(CCN(C)C)c2c1.NCCCCC(N)C(=O)O. The average molecular weight is 442 g/mol. The highest BCUT2D eigenvalue weighted by molar-refractivity contribution is 7.88. The van der Waals surface area contributed by atoms with Crippen LogP contribution in [0.5, 0.6) is 0 Å². The number of nitrogens with zero attached hydrogens (tertiary/aromatic N) is 1. The van der Waals surface area contributed by atoms with Crippen LogP contribution in [0.15, 0.2) is 24.4 Å². The van der Waals surface area contributed by atoms with Crippen LogP contribution in [0.4, 0.5) is 0 Å². The third-order valence-electron chi connectivity index (χ3n) is 4.61. The lowest BCUT2D eigenvalue weighted by atomic mass is 10.1. The van der Waals surface area contributed by atoms with Crippen molar-refractivity contribution in [2.24, 2.45) is 11.5 Å². The summed E-state index contributed by atoms with van der Waals surface area (Å²) >= 11 is 0. The fraction of sp³-hybridized carbons (Fsp3) is 0.550. The van der Waals surface area contributed by atoms with Gasteiger partial charge in [-0.3, -0.25) is 4.79 Å². The number of carboxylic acid groups (broad SMARTS) is 1. The molecule has 2 aromatic rings. The minimum Gasteiger partial charge on any atom is -0.480 e. The van der Waals surface area contributed by atoms with Gasteiger partial charge in [-0.05, 0) is 70.2 Å². The highest BCUT2D eigenvalue weighted by atomic mass is 32.2. The molecule has 0 saturated heterocycles. The number of carbonyl (C=O) groups is 1. The number of likely N-dealkylation sites (N-methyl/N-ethyl adjacent to an activating group) is 1. The second kappa shape index (κ2) is 12.7. The van der Waals surface area contributed by atoms with Crippen LogP contribution in [0.3, 0.4) is 0 Å². The van der Waals surface area contributed by atoms with Gasteiger partial charge in [0, 0.05) is 23.6 Å². The summed E-state index contributed by atoms with van der Waals surface area (Å²) in [6.07, 6.45) is 5.11. The molecule has 10 heteroatoms. The van der Waals surface area contributed by atoms with E-state index < -0.39 is 22.0 Å². The molecule has 1 atom stereocenters. The van der Waals surface area contributed by atoms with Crippen LogP contribution in [0.25, 0.3) is 10.9 Å². The summed E-state index contributed by atoms with van der Waals surface area (Å²) in [7, 11) is 2.29. The molecule has 30 heavy (non-hydrogen) atoms. The number of H-pyrrole nitrogens is 1. The van der Waals surface area contributed by atoms with Crippen LogP contribution in [0.2, 0.25) is 0 Å². The van der Waals surface area contributed by atoms with Crippen LogP contribution >= 0.6 is 0 Å². The Hall–Kier alpha value is -1.98. The number of unbranched alkanes of at least 4 members (excludes halogenated alkanes) is 1. The van der Waals surface area contributed by atoms with Gasteiger partial charge in [0.1, 0.15) is 6.04 Å². The van der Waals surface area contributed by atoms with E-state index in [0.29, 0.717) is 13.0 Å². The van der Waals surface area contributed by atoms with Gasteiger partial charge in [-0.2, -0.15) is 0 Å². The molecule has 0 bridgehead atoms. The van der Waals surface area contributed by atoms with Gasteiger partial charge in [0.05, 0.1) is 5.75 Å². The first-order valence-corrected chi connectivity index (χ1v) is 11.6. The summed E-state index contributed by atoms with van der Waals surface area (Å²) < 4.78 is 25.6. The number of nitrogens with two attached hydrogens (primary N) is 2. The van der Waals surface area contributed by atoms with Crippen molar-refractivity contribution in [3.63, 3.8) is 0 Å². The summed E-state index contributed by atoms with van der Waals surface area (Å²) in [4.78, 5) is 15.5. The lowest BCUT2D eigenvalue weighted by Crippen LogP contribution is -2.29. The molecule has 2 rings (SSSR count). The number of fused-ring (bicyclic) bond motifs is 1. The van der Waals surface area contributed by atoms with Crippen LogP contribution < -0.4 is 16.2 Å². The third kappa shape index (κ3) is 9.23. The zero-order valence-electron chi connectivity index (χ0n) is 18.0. The Morgan fingerprint density at radius 1 is 1.30 bits per heavy atom. The summed E-state index contributed by atoms with van der Waals surface area (Å²) in [5, 5.41) is 9.43. The zero-order chi connectivity index (χ0) is 22.7. The van der Waals surface area contributed by atoms with Crippen molar-refractivity contribution in [3.8, 4) is 0 Å². The molecule has 0 fully saturated rings. The van der Waals surface area contributed by atoms with E-state index in [0.717, 1.165) is 42.3 Å². The van der Waals surface area contributed by atoms with Gasteiger partial charge >= 0.3 is 5.97 Å². The molecular weight excluding hydrogens is 406 g/mol. The average Bonchev–Trinajstić information content (AvgIpc) is 3.09. The van der Waals surface area contributed by atoms with Gasteiger partial charge in [-0.1, -0.05) is 12.5 Å². The van der Waals surface area contributed by atoms with Crippen molar-refractivity contribution < 1.29 is 18.3 Å². The molecule has 0 amide bonds. The molecule has 9 nitrogen and oxygen atoms in total. The summed E-state index contributed by atoms with van der Waals surface area (Å²) in [6.45, 7) is 1.57. The first kappa shape index (κ1) is 26.1. The number of nitrogens with one attached hydrogen (secondary N) is 2. The molecule has 1 aromatic heterocycles. The van der Waals surface area contributed by atoms with Gasteiger partial charge in [0.25, 0.3) is 0 Å². The maximum Gasteiger partial charge on any atom is 0.320 e. The lowest BCUT2D eigenvalue weighted by molar-refractivity contribution is -0.138. The fourth-order valence-electron chi connectivity index (χ4n) is 2.79. The highest BCUT2D eigenvalue weighted by Gasteiger charge is 2.11. The minimum atomic E-state index is -3.23. The molecule has 0 aliphatic carbocycles. The number of aliphatic carboxylic acids is 1. The molecular formula is C20H35N5O4S. The van der Waals surface area contributed by atoms with Crippen LogP contribution in [0.1, 0.15) is 30.4 Å². The molecule has 0 aliphatic rings. The summed E-state index contributed by atoms with van der Waals surface area (Å²) in [5.41, 5.74) is 13.5. The largest absolute Gasteiger partial charge is 0.480 e. The topological polar surface area (TPSA) is 155 Å². The lowest BCUT2D eigenvalue weighted by Gasteiger charge is -2.08. The predicted molar refractivity (Wildman–Crippen MR) is 121 cm³/mol. The molecule has 1 aromatic carbocycles. The van der Waals surface area contributed by atoms with Crippen molar-refractivity contribution in [1.29, 1.82) is 0 Å². The van der Waals surface area contributed by atoms with Gasteiger partial charge < -0.3 is 26.5 Å². The highest BCUT2D eigenvalue weighted by Crippen LogP contribution is 2.21. The molecule has 1 unspecified atom stereocenters. The van der Waals surface area contributed by atoms with E-state index in [2.05, 4.69) is 14.6 Å². The number of aromatic amines is 1. The van der Waals surface area contributed by atoms with Gasteiger partial charge in [-0.25, -0.2) is 13.1 Å². The predicted octanol–water partition coefficient (Wildman–Crippen LogP) is 0.849. The third-order valence-corrected chi connectivity index (χ3v) is 5.95. The second-order valence-electron chi connectivity index (χ2n) is 7.44. The van der Waals surface area contributed by atoms with Crippen molar-refractivity contribution >= 4 is 26.9 Å². The van der Waals surface area contributed by atoms with Gasteiger partial charge in [0.15, 0.2) is 0 Å². The Labute approximate surface area is 178 Å². The van der Waals surface area contributed by atoms with E-state index in [4.69, 9.17) is 16.6 Å². The van der Waals surface area contributed by atoms with Crippen molar-refractivity contribution in [1.82, 2.24) is 14.6 Å².